The van der Waals surface area contributed by atoms with Crippen molar-refractivity contribution in [2.45, 2.75) is 65.7 Å². The number of aliphatic carboxylic acids is 1. The summed E-state index contributed by atoms with van der Waals surface area (Å²) in [5.41, 5.74) is -2.88. The average Bonchev–Trinajstić information content (AvgIpc) is 3.05. The second kappa shape index (κ2) is 22.5. The molecule has 292 valence electrons. The number of hydrogen-bond donors (Lipinski definition) is 3. The average molecular weight is 902 g/mol. The SMILES string of the molecule is CCOP(=O)(OCC)C(F)(F)c1ccc(C[C@H](C)C(=O)NC)cc1Br.CCOP(=O)(OCC)C(F)(F)c1ccc(C[C@H](C)C(=O)O)cc1Br.CN. The van der Waals surface area contributed by atoms with Gasteiger partial charge in [-0.05, 0) is 70.8 Å². The number of alkyl halides is 4. The Morgan fingerprint density at radius 3 is 1.31 bits per heavy atom. The van der Waals surface area contributed by atoms with E-state index in [0.29, 0.717) is 17.5 Å². The minimum Gasteiger partial charge on any atom is -0.481 e. The maximum atomic E-state index is 14.8. The van der Waals surface area contributed by atoms with Crippen LogP contribution >= 0.6 is 47.1 Å². The van der Waals surface area contributed by atoms with Gasteiger partial charge in [-0.15, -0.1) is 0 Å². The monoisotopic (exact) mass is 900 g/mol. The Labute approximate surface area is 314 Å². The van der Waals surface area contributed by atoms with E-state index in [1.165, 1.54) is 79.0 Å². The zero-order chi connectivity index (χ0) is 39.8. The number of amides is 1. The molecule has 1 amide bonds. The molecule has 4 N–H and O–H groups in total. The summed E-state index contributed by atoms with van der Waals surface area (Å²) < 4.78 is 103. The molecule has 0 aliphatic carbocycles. The van der Waals surface area contributed by atoms with Gasteiger partial charge >= 0.3 is 32.5 Å². The number of carboxylic acid groups (broad SMARTS) is 1. The van der Waals surface area contributed by atoms with Crippen LogP contribution in [0, 0.1) is 11.8 Å². The van der Waals surface area contributed by atoms with Crippen molar-refractivity contribution in [2.24, 2.45) is 17.6 Å². The third-order valence-corrected chi connectivity index (χ3v) is 12.4. The topological polar surface area (TPSA) is 163 Å². The lowest BCUT2D eigenvalue weighted by molar-refractivity contribution is -0.141. The number of nitrogens with two attached hydrogens (primary N) is 1. The molecule has 11 nitrogen and oxygen atoms in total. The van der Waals surface area contributed by atoms with Crippen molar-refractivity contribution in [2.75, 3.05) is 40.5 Å². The number of rotatable bonds is 18. The number of carboxylic acids is 1. The van der Waals surface area contributed by atoms with Gasteiger partial charge in [0.1, 0.15) is 0 Å². The number of carbonyl (C=O) groups is 2. The first-order chi connectivity index (χ1) is 23.7. The van der Waals surface area contributed by atoms with Crippen molar-refractivity contribution >= 4 is 58.9 Å². The molecular formula is C32H48Br2F4N2O9P2. The molecule has 0 spiro atoms. The highest BCUT2D eigenvalue weighted by Crippen LogP contribution is 2.68. The summed E-state index contributed by atoms with van der Waals surface area (Å²) in [5.74, 6) is -2.07. The van der Waals surface area contributed by atoms with E-state index in [0.717, 1.165) is 6.07 Å². The molecule has 51 heavy (non-hydrogen) atoms. The van der Waals surface area contributed by atoms with Crippen LogP contribution in [0.15, 0.2) is 45.3 Å². The van der Waals surface area contributed by atoms with Crippen molar-refractivity contribution in [1.82, 2.24) is 5.32 Å². The first-order valence-corrected chi connectivity index (χ1v) is 20.5. The number of hydrogen-bond acceptors (Lipinski definition) is 9. The summed E-state index contributed by atoms with van der Waals surface area (Å²) in [5, 5.41) is 11.5. The lowest BCUT2D eigenvalue weighted by Crippen LogP contribution is -2.26. The summed E-state index contributed by atoms with van der Waals surface area (Å²) in [7, 11) is -6.31. The molecule has 0 fully saturated rings. The van der Waals surface area contributed by atoms with E-state index in [-0.39, 0.29) is 53.6 Å². The van der Waals surface area contributed by atoms with Crippen molar-refractivity contribution in [3.05, 3.63) is 67.6 Å². The van der Waals surface area contributed by atoms with E-state index in [2.05, 4.69) is 42.9 Å². The lowest BCUT2D eigenvalue weighted by Gasteiger charge is -2.27. The van der Waals surface area contributed by atoms with Crippen LogP contribution in [-0.2, 0) is 61.0 Å². The van der Waals surface area contributed by atoms with Gasteiger partial charge in [0.15, 0.2) is 0 Å². The highest BCUT2D eigenvalue weighted by Gasteiger charge is 2.56. The third-order valence-electron chi connectivity index (χ3n) is 6.80. The Morgan fingerprint density at radius 2 is 1.06 bits per heavy atom. The van der Waals surface area contributed by atoms with Crippen LogP contribution in [0.25, 0.3) is 0 Å². The summed E-state index contributed by atoms with van der Waals surface area (Å²) in [6.07, 6.45) is 0.576. The summed E-state index contributed by atoms with van der Waals surface area (Å²) >= 11 is 6.15. The van der Waals surface area contributed by atoms with Crippen molar-refractivity contribution < 1.29 is 59.5 Å². The summed E-state index contributed by atoms with van der Waals surface area (Å²) in [6, 6.07) is 8.04. The fourth-order valence-electron chi connectivity index (χ4n) is 4.37. The highest BCUT2D eigenvalue weighted by molar-refractivity contribution is 9.10. The standard InChI is InChI=1S/C16H23BrF2NO4P.C15H20BrF2O5P.CH5N/c1-5-23-25(22,24-6-2)16(18,19)13-8-7-12(10-14(13)17)9-11(3)15(21)20-4;1-4-22-24(21,23-5-2)15(17,18)12-7-6-11(9-13(12)16)8-10(3)14(19)20;1-2/h7-8,10-11H,5-6,9H2,1-4H3,(H,20,21);6-7,9-10H,4-5,8H2,1-3H3,(H,19,20);2H2,1H3/t11-;10-;/m00./s1. The minimum absolute atomic E-state index is 0.0159. The quantitative estimate of drug-likeness (QED) is 0.0971. The number of halogens is 6. The Kier molecular flexibility index (Phi) is 21.8. The number of benzene rings is 2. The van der Waals surface area contributed by atoms with Crippen molar-refractivity contribution in [3.8, 4) is 0 Å². The normalized spacial score (nSPS) is 13.2. The highest BCUT2D eigenvalue weighted by atomic mass is 79.9. The lowest BCUT2D eigenvalue weighted by atomic mass is 9.99. The fraction of sp³-hybridized carbons (Fsp3) is 0.562. The van der Waals surface area contributed by atoms with Crippen LogP contribution in [0.5, 0.6) is 0 Å². The molecule has 0 saturated heterocycles. The first-order valence-electron chi connectivity index (χ1n) is 15.9. The van der Waals surface area contributed by atoms with Gasteiger partial charge in [0.25, 0.3) is 0 Å². The van der Waals surface area contributed by atoms with Gasteiger partial charge in [-0.25, -0.2) is 0 Å². The molecule has 2 aromatic rings. The van der Waals surface area contributed by atoms with E-state index < -0.39 is 49.5 Å². The summed E-state index contributed by atoms with van der Waals surface area (Å²) in [6.45, 7) is 8.43. The molecule has 0 saturated carbocycles. The second-order valence-electron chi connectivity index (χ2n) is 10.5. The zero-order valence-electron chi connectivity index (χ0n) is 29.8. The maximum absolute atomic E-state index is 14.8. The maximum Gasteiger partial charge on any atom is 0.404 e. The Hall–Kier alpha value is -1.68. The van der Waals surface area contributed by atoms with E-state index in [1.807, 2.05) is 0 Å². The van der Waals surface area contributed by atoms with Gasteiger partial charge < -0.3 is 34.3 Å². The van der Waals surface area contributed by atoms with Gasteiger partial charge in [0.05, 0.1) is 32.3 Å². The molecule has 0 heterocycles. The second-order valence-corrected chi connectivity index (χ2v) is 16.4. The van der Waals surface area contributed by atoms with Gasteiger partial charge in [0, 0.05) is 33.0 Å². The Morgan fingerprint density at radius 1 is 0.745 bits per heavy atom. The molecule has 0 aliphatic rings. The molecule has 0 bridgehead atoms. The molecule has 0 unspecified atom stereocenters. The van der Waals surface area contributed by atoms with Crippen molar-refractivity contribution in [3.63, 3.8) is 0 Å². The molecule has 0 aliphatic heterocycles. The number of nitrogens with one attached hydrogen (secondary N) is 1. The molecule has 2 atom stereocenters. The molecule has 0 radical (unpaired) electrons. The molecule has 0 aromatic heterocycles. The van der Waals surface area contributed by atoms with Gasteiger partial charge in [-0.3, -0.25) is 18.7 Å². The predicted molar refractivity (Wildman–Crippen MR) is 195 cm³/mol. The molecule has 2 aromatic carbocycles. The number of carbonyl (C=O) groups excluding carboxylic acids is 1. The van der Waals surface area contributed by atoms with Crippen LogP contribution in [0.2, 0.25) is 0 Å². The van der Waals surface area contributed by atoms with E-state index in [9.17, 15) is 36.3 Å². The third kappa shape index (κ3) is 13.3. The van der Waals surface area contributed by atoms with Gasteiger partial charge in [0.2, 0.25) is 5.91 Å². The molecular weight excluding hydrogens is 854 g/mol. The smallest absolute Gasteiger partial charge is 0.404 e. The van der Waals surface area contributed by atoms with Crippen LogP contribution in [-0.4, -0.2) is 57.5 Å². The van der Waals surface area contributed by atoms with Crippen LogP contribution in [0.4, 0.5) is 17.6 Å². The van der Waals surface area contributed by atoms with Gasteiger partial charge in [-0.2, -0.15) is 17.6 Å². The van der Waals surface area contributed by atoms with Crippen LogP contribution in [0.1, 0.15) is 63.8 Å². The molecule has 2 rings (SSSR count). The van der Waals surface area contributed by atoms with E-state index in [4.69, 9.17) is 23.2 Å². The summed E-state index contributed by atoms with van der Waals surface area (Å²) in [4.78, 5) is 22.5. The van der Waals surface area contributed by atoms with Crippen LogP contribution in [0.3, 0.4) is 0 Å². The van der Waals surface area contributed by atoms with Crippen LogP contribution < -0.4 is 11.1 Å². The van der Waals surface area contributed by atoms with Crippen molar-refractivity contribution in [1.29, 1.82) is 0 Å². The minimum atomic E-state index is -4.69. The predicted octanol–water partition coefficient (Wildman–Crippen LogP) is 9.29. The van der Waals surface area contributed by atoms with E-state index in [1.54, 1.807) is 6.92 Å². The van der Waals surface area contributed by atoms with Gasteiger partial charge in [-0.1, -0.05) is 70.0 Å². The largest absolute Gasteiger partial charge is 0.481 e. The van der Waals surface area contributed by atoms with E-state index >= 15 is 0 Å². The molecule has 19 heteroatoms. The zero-order valence-corrected chi connectivity index (χ0v) is 34.8. The Bertz CT molecular complexity index is 1500. The fourth-order valence-corrected chi connectivity index (χ4v) is 9.16. The first kappa shape index (κ1) is 49.3. The Balaban J connectivity index is 0.000000935.